The van der Waals surface area contributed by atoms with Gasteiger partial charge < -0.3 is 15.2 Å². The Morgan fingerprint density at radius 1 is 1.22 bits per heavy atom. The summed E-state index contributed by atoms with van der Waals surface area (Å²) in [5.41, 5.74) is 8.54. The zero-order valence-electron chi connectivity index (χ0n) is 13.6. The maximum atomic E-state index is 9.03. The van der Waals surface area contributed by atoms with E-state index in [0.29, 0.717) is 18.7 Å². The molecule has 0 fully saturated rings. The molecule has 0 heterocycles. The monoisotopic (exact) mass is 310 g/mol. The molecule has 2 N–H and O–H groups in total. The molecule has 2 rings (SSSR count). The Bertz CT molecular complexity index is 692. The van der Waals surface area contributed by atoms with Crippen LogP contribution in [0.15, 0.2) is 42.5 Å². The van der Waals surface area contributed by atoms with Gasteiger partial charge in [-0.15, -0.1) is 0 Å². The summed E-state index contributed by atoms with van der Waals surface area (Å²) < 4.78 is 11.2. The number of nitrogens with two attached hydrogens (primary N) is 1. The molecule has 0 saturated carbocycles. The van der Waals surface area contributed by atoms with Gasteiger partial charge in [-0.1, -0.05) is 19.1 Å². The molecule has 0 spiro atoms. The first kappa shape index (κ1) is 16.7. The number of nitriles is 1. The van der Waals surface area contributed by atoms with Gasteiger partial charge >= 0.3 is 0 Å². The molecule has 4 nitrogen and oxygen atoms in total. The SMILES string of the molecule is CCC(C#N)CCOc1cc(OC)ccc1-c1cccc(N)c1. The van der Waals surface area contributed by atoms with Crippen molar-refractivity contribution >= 4 is 5.69 Å². The lowest BCUT2D eigenvalue weighted by Gasteiger charge is -2.14. The fourth-order valence-corrected chi connectivity index (χ4v) is 2.36. The van der Waals surface area contributed by atoms with E-state index in [1.54, 1.807) is 7.11 Å². The normalized spacial score (nSPS) is 11.5. The minimum atomic E-state index is 0.0245. The van der Waals surface area contributed by atoms with E-state index in [1.807, 2.05) is 49.4 Å². The first-order valence-corrected chi connectivity index (χ1v) is 7.74. The van der Waals surface area contributed by atoms with Crippen molar-refractivity contribution in [2.75, 3.05) is 19.5 Å². The number of ether oxygens (including phenoxy) is 2. The highest BCUT2D eigenvalue weighted by molar-refractivity contribution is 5.73. The number of nitrogen functional groups attached to an aromatic ring is 1. The summed E-state index contributed by atoms with van der Waals surface area (Å²) in [6.45, 7) is 2.51. The average Bonchev–Trinajstić information content (AvgIpc) is 2.58. The van der Waals surface area contributed by atoms with Crippen LogP contribution in [0.3, 0.4) is 0 Å². The van der Waals surface area contributed by atoms with Crippen LogP contribution in [-0.4, -0.2) is 13.7 Å². The third-order valence-electron chi connectivity index (χ3n) is 3.79. The summed E-state index contributed by atoms with van der Waals surface area (Å²) in [6.07, 6.45) is 1.54. The predicted octanol–water partition coefficient (Wildman–Crippen LogP) is 4.26. The fourth-order valence-electron chi connectivity index (χ4n) is 2.36. The summed E-state index contributed by atoms with van der Waals surface area (Å²) in [7, 11) is 1.63. The number of hydrogen-bond donors (Lipinski definition) is 1. The van der Waals surface area contributed by atoms with Crippen LogP contribution in [0.1, 0.15) is 19.8 Å². The predicted molar refractivity (Wildman–Crippen MR) is 92.3 cm³/mol. The van der Waals surface area contributed by atoms with Gasteiger partial charge in [-0.3, -0.25) is 0 Å². The Labute approximate surface area is 137 Å². The van der Waals surface area contributed by atoms with Crippen LogP contribution in [-0.2, 0) is 0 Å². The highest BCUT2D eigenvalue weighted by Gasteiger charge is 2.10. The van der Waals surface area contributed by atoms with Gasteiger partial charge in [-0.25, -0.2) is 0 Å². The molecule has 4 heteroatoms. The lowest BCUT2D eigenvalue weighted by molar-refractivity contribution is 0.291. The molecule has 0 aliphatic heterocycles. The van der Waals surface area contributed by atoms with Crippen LogP contribution >= 0.6 is 0 Å². The topological polar surface area (TPSA) is 68.3 Å². The zero-order chi connectivity index (χ0) is 16.7. The van der Waals surface area contributed by atoms with Crippen molar-refractivity contribution in [2.24, 2.45) is 5.92 Å². The molecule has 23 heavy (non-hydrogen) atoms. The van der Waals surface area contributed by atoms with Crippen molar-refractivity contribution in [1.29, 1.82) is 5.26 Å². The number of methoxy groups -OCH3 is 1. The van der Waals surface area contributed by atoms with Crippen molar-refractivity contribution in [3.8, 4) is 28.7 Å². The third-order valence-corrected chi connectivity index (χ3v) is 3.79. The van der Waals surface area contributed by atoms with Gasteiger partial charge in [-0.2, -0.15) is 5.26 Å². The molecule has 0 amide bonds. The molecular formula is C19H22N2O2. The van der Waals surface area contributed by atoms with Gasteiger partial charge in [0.25, 0.3) is 0 Å². The van der Waals surface area contributed by atoms with Gasteiger partial charge in [-0.05, 0) is 42.7 Å². The minimum absolute atomic E-state index is 0.0245. The van der Waals surface area contributed by atoms with Gasteiger partial charge in [0.05, 0.1) is 19.8 Å². The zero-order valence-corrected chi connectivity index (χ0v) is 13.6. The van der Waals surface area contributed by atoms with E-state index >= 15 is 0 Å². The van der Waals surface area contributed by atoms with Crippen LogP contribution in [0.2, 0.25) is 0 Å². The molecular weight excluding hydrogens is 288 g/mol. The Morgan fingerprint density at radius 2 is 2.04 bits per heavy atom. The van der Waals surface area contributed by atoms with E-state index in [0.717, 1.165) is 29.0 Å². The molecule has 0 saturated heterocycles. The first-order valence-electron chi connectivity index (χ1n) is 7.74. The van der Waals surface area contributed by atoms with Crippen LogP contribution in [0.25, 0.3) is 11.1 Å². The fraction of sp³-hybridized carbons (Fsp3) is 0.316. The number of benzene rings is 2. The van der Waals surface area contributed by atoms with E-state index < -0.39 is 0 Å². The third kappa shape index (κ3) is 4.40. The molecule has 0 aromatic heterocycles. The summed E-state index contributed by atoms with van der Waals surface area (Å²) in [5.74, 6) is 1.50. The second kappa shape index (κ2) is 8.09. The molecule has 1 atom stereocenters. The highest BCUT2D eigenvalue weighted by Crippen LogP contribution is 2.34. The van der Waals surface area contributed by atoms with Gasteiger partial charge in [0, 0.05) is 23.2 Å². The molecule has 2 aromatic rings. The molecule has 0 aliphatic rings. The average molecular weight is 310 g/mol. The van der Waals surface area contributed by atoms with Crippen LogP contribution in [0, 0.1) is 17.2 Å². The Morgan fingerprint density at radius 3 is 2.70 bits per heavy atom. The lowest BCUT2D eigenvalue weighted by Crippen LogP contribution is -2.05. The molecule has 120 valence electrons. The molecule has 0 radical (unpaired) electrons. The summed E-state index contributed by atoms with van der Waals surface area (Å²) >= 11 is 0. The molecule has 0 bridgehead atoms. The van der Waals surface area contributed by atoms with Crippen LogP contribution in [0.4, 0.5) is 5.69 Å². The standard InChI is InChI=1S/C19H22N2O2/c1-3-14(13-20)9-10-23-19-12-17(22-2)7-8-18(19)15-5-4-6-16(21)11-15/h4-8,11-12,14H,3,9-10,21H2,1-2H3. The lowest BCUT2D eigenvalue weighted by atomic mass is 10.0. The summed E-state index contributed by atoms with van der Waals surface area (Å²) in [6, 6.07) is 15.7. The summed E-state index contributed by atoms with van der Waals surface area (Å²) in [5, 5.41) is 9.03. The molecule has 1 unspecified atom stereocenters. The smallest absolute Gasteiger partial charge is 0.130 e. The molecule has 0 aliphatic carbocycles. The van der Waals surface area contributed by atoms with Crippen molar-refractivity contribution in [2.45, 2.75) is 19.8 Å². The Kier molecular flexibility index (Phi) is 5.87. The van der Waals surface area contributed by atoms with E-state index in [1.165, 1.54) is 0 Å². The first-order chi connectivity index (χ1) is 11.2. The second-order valence-electron chi connectivity index (χ2n) is 5.36. The van der Waals surface area contributed by atoms with Crippen molar-refractivity contribution < 1.29 is 9.47 Å². The highest BCUT2D eigenvalue weighted by atomic mass is 16.5. The van der Waals surface area contributed by atoms with Crippen molar-refractivity contribution in [1.82, 2.24) is 0 Å². The summed E-state index contributed by atoms with van der Waals surface area (Å²) in [4.78, 5) is 0. The quantitative estimate of drug-likeness (QED) is 0.776. The number of nitrogens with zero attached hydrogens (tertiary/aromatic N) is 1. The van der Waals surface area contributed by atoms with E-state index in [4.69, 9.17) is 20.5 Å². The number of rotatable bonds is 7. The van der Waals surface area contributed by atoms with E-state index in [2.05, 4.69) is 6.07 Å². The van der Waals surface area contributed by atoms with Gasteiger partial charge in [0.2, 0.25) is 0 Å². The van der Waals surface area contributed by atoms with Gasteiger partial charge in [0.1, 0.15) is 11.5 Å². The number of hydrogen-bond acceptors (Lipinski definition) is 4. The van der Waals surface area contributed by atoms with Crippen LogP contribution in [0.5, 0.6) is 11.5 Å². The minimum Gasteiger partial charge on any atom is -0.497 e. The largest absolute Gasteiger partial charge is 0.497 e. The van der Waals surface area contributed by atoms with Gasteiger partial charge in [0.15, 0.2) is 0 Å². The van der Waals surface area contributed by atoms with E-state index in [-0.39, 0.29) is 5.92 Å². The molecule has 2 aromatic carbocycles. The Hall–Kier alpha value is -2.67. The van der Waals surface area contributed by atoms with E-state index in [9.17, 15) is 0 Å². The van der Waals surface area contributed by atoms with Crippen molar-refractivity contribution in [3.63, 3.8) is 0 Å². The maximum Gasteiger partial charge on any atom is 0.130 e. The Balaban J connectivity index is 2.24. The van der Waals surface area contributed by atoms with Crippen LogP contribution < -0.4 is 15.2 Å². The van der Waals surface area contributed by atoms with Crippen molar-refractivity contribution in [3.05, 3.63) is 42.5 Å². The maximum absolute atomic E-state index is 9.03. The second-order valence-corrected chi connectivity index (χ2v) is 5.36. The number of anilines is 1.